The molecule has 0 radical (unpaired) electrons. The summed E-state index contributed by atoms with van der Waals surface area (Å²) >= 11 is 11.9. The van der Waals surface area contributed by atoms with Gasteiger partial charge in [0.05, 0.1) is 27.5 Å². The predicted octanol–water partition coefficient (Wildman–Crippen LogP) is 4.09. The third-order valence-corrected chi connectivity index (χ3v) is 6.41. The van der Waals surface area contributed by atoms with E-state index >= 15 is 0 Å². The number of nitrogens with one attached hydrogen (secondary N) is 2. The lowest BCUT2D eigenvalue weighted by Gasteiger charge is -2.19. The van der Waals surface area contributed by atoms with Gasteiger partial charge in [-0.05, 0) is 55.7 Å². The Bertz CT molecular complexity index is 1080. The molecule has 2 aromatic carbocycles. The molecule has 0 aliphatic rings. The fraction of sp³-hybridized carbons (Fsp3) is 0.250. The normalized spacial score (nSPS) is 12.1. The van der Waals surface area contributed by atoms with Gasteiger partial charge >= 0.3 is 0 Å². The minimum Gasteiger partial charge on any atom is -0.283 e. The van der Waals surface area contributed by atoms with Crippen molar-refractivity contribution < 1.29 is 16.8 Å². The van der Waals surface area contributed by atoms with Crippen LogP contribution in [0.1, 0.15) is 16.7 Å². The summed E-state index contributed by atoms with van der Waals surface area (Å²) in [6, 6.07) is 6.00. The van der Waals surface area contributed by atoms with E-state index in [9.17, 15) is 16.8 Å². The minimum absolute atomic E-state index is 0.0136. The standard InChI is InChI=1S/C16H18Cl2N2O4S2/c1-9-7-10(2)16(11(3)15(9)20-25(4,21)22)26(23,24)19-14-6-5-12(17)8-13(14)18/h5-8,19-20H,1-4H3. The molecule has 142 valence electrons. The molecule has 26 heavy (non-hydrogen) atoms. The zero-order valence-corrected chi connectivity index (χ0v) is 17.7. The number of sulfonamides is 2. The van der Waals surface area contributed by atoms with Crippen LogP contribution in [0.4, 0.5) is 11.4 Å². The molecule has 0 saturated carbocycles. The lowest BCUT2D eigenvalue weighted by molar-refractivity contribution is 0.599. The highest BCUT2D eigenvalue weighted by atomic mass is 35.5. The number of hydrogen-bond acceptors (Lipinski definition) is 4. The Morgan fingerprint density at radius 2 is 1.50 bits per heavy atom. The number of aryl methyl sites for hydroxylation is 2. The maximum Gasteiger partial charge on any atom is 0.262 e. The summed E-state index contributed by atoms with van der Waals surface area (Å²) in [5, 5.41) is 0.526. The highest BCUT2D eigenvalue weighted by molar-refractivity contribution is 7.93. The molecule has 0 saturated heterocycles. The second-order valence-corrected chi connectivity index (χ2v) is 10.2. The van der Waals surface area contributed by atoms with Crippen molar-refractivity contribution in [3.63, 3.8) is 0 Å². The van der Waals surface area contributed by atoms with Gasteiger partial charge in [0, 0.05) is 5.02 Å². The summed E-state index contributed by atoms with van der Waals surface area (Å²) < 4.78 is 53.9. The molecular formula is C16H18Cl2N2O4S2. The highest BCUT2D eigenvalue weighted by Crippen LogP contribution is 2.33. The lowest BCUT2D eigenvalue weighted by atomic mass is 10.1. The molecule has 10 heteroatoms. The highest BCUT2D eigenvalue weighted by Gasteiger charge is 2.24. The van der Waals surface area contributed by atoms with Crippen molar-refractivity contribution in [1.82, 2.24) is 0 Å². The van der Waals surface area contributed by atoms with E-state index in [0.29, 0.717) is 21.7 Å². The van der Waals surface area contributed by atoms with Gasteiger partial charge in [0.15, 0.2) is 0 Å². The number of hydrogen-bond donors (Lipinski definition) is 2. The number of anilines is 2. The number of halogens is 2. The van der Waals surface area contributed by atoms with Gasteiger partial charge in [0.2, 0.25) is 10.0 Å². The van der Waals surface area contributed by atoms with Gasteiger partial charge in [-0.25, -0.2) is 16.8 Å². The smallest absolute Gasteiger partial charge is 0.262 e. The van der Waals surface area contributed by atoms with E-state index < -0.39 is 20.0 Å². The first-order chi connectivity index (χ1) is 11.8. The van der Waals surface area contributed by atoms with Gasteiger partial charge < -0.3 is 0 Å². The number of rotatable bonds is 5. The van der Waals surface area contributed by atoms with E-state index in [1.54, 1.807) is 26.8 Å². The van der Waals surface area contributed by atoms with E-state index in [4.69, 9.17) is 23.2 Å². The van der Waals surface area contributed by atoms with Gasteiger partial charge in [-0.2, -0.15) is 0 Å². The van der Waals surface area contributed by atoms with Crippen LogP contribution in [-0.4, -0.2) is 23.1 Å². The van der Waals surface area contributed by atoms with Crippen LogP contribution < -0.4 is 9.44 Å². The Morgan fingerprint density at radius 3 is 2.04 bits per heavy atom. The molecule has 6 nitrogen and oxygen atoms in total. The second-order valence-electron chi connectivity index (χ2n) is 5.94. The summed E-state index contributed by atoms with van der Waals surface area (Å²) in [6.07, 6.45) is 1.01. The van der Waals surface area contributed by atoms with E-state index in [2.05, 4.69) is 9.44 Å². The third-order valence-electron chi connectivity index (χ3n) is 3.63. The SMILES string of the molecule is Cc1cc(C)c(S(=O)(=O)Nc2ccc(Cl)cc2Cl)c(C)c1NS(C)(=O)=O. The fourth-order valence-electron chi connectivity index (χ4n) is 2.69. The summed E-state index contributed by atoms with van der Waals surface area (Å²) in [7, 11) is -7.59. The summed E-state index contributed by atoms with van der Waals surface area (Å²) in [5.74, 6) is 0. The molecule has 0 fully saturated rings. The second kappa shape index (κ2) is 7.26. The first kappa shape index (κ1) is 20.8. The van der Waals surface area contributed by atoms with Crippen LogP contribution in [0.15, 0.2) is 29.2 Å². The van der Waals surface area contributed by atoms with E-state index in [1.807, 2.05) is 0 Å². The average molecular weight is 437 g/mol. The fourth-order valence-corrected chi connectivity index (χ4v) is 5.45. The van der Waals surface area contributed by atoms with Crippen LogP contribution in [0, 0.1) is 20.8 Å². The molecule has 0 aliphatic heterocycles. The van der Waals surface area contributed by atoms with Crippen LogP contribution in [0.3, 0.4) is 0 Å². The van der Waals surface area contributed by atoms with Crippen molar-refractivity contribution in [1.29, 1.82) is 0 Å². The molecule has 0 amide bonds. The van der Waals surface area contributed by atoms with Crippen LogP contribution in [0.5, 0.6) is 0 Å². The maximum absolute atomic E-state index is 12.9. The average Bonchev–Trinajstić information content (AvgIpc) is 2.45. The zero-order valence-electron chi connectivity index (χ0n) is 14.5. The van der Waals surface area contributed by atoms with Gasteiger partial charge in [-0.3, -0.25) is 9.44 Å². The Labute approximate surface area is 163 Å². The maximum atomic E-state index is 12.9. The van der Waals surface area contributed by atoms with Crippen molar-refractivity contribution in [3.05, 3.63) is 51.0 Å². The Morgan fingerprint density at radius 1 is 0.885 bits per heavy atom. The van der Waals surface area contributed by atoms with Crippen LogP contribution >= 0.6 is 23.2 Å². The molecule has 0 bridgehead atoms. The molecule has 0 spiro atoms. The van der Waals surface area contributed by atoms with Gasteiger partial charge in [0.1, 0.15) is 0 Å². The van der Waals surface area contributed by atoms with Crippen molar-refractivity contribution in [3.8, 4) is 0 Å². The van der Waals surface area contributed by atoms with E-state index in [0.717, 1.165) is 6.26 Å². The molecule has 0 aliphatic carbocycles. The first-order valence-electron chi connectivity index (χ1n) is 7.38. The molecule has 0 atom stereocenters. The van der Waals surface area contributed by atoms with Gasteiger partial charge in [0.25, 0.3) is 10.0 Å². The predicted molar refractivity (Wildman–Crippen MR) is 106 cm³/mol. The van der Waals surface area contributed by atoms with E-state index in [-0.39, 0.29) is 21.3 Å². The Balaban J connectivity index is 2.60. The molecule has 0 unspecified atom stereocenters. The first-order valence-corrected chi connectivity index (χ1v) is 11.5. The molecular weight excluding hydrogens is 419 g/mol. The van der Waals surface area contributed by atoms with Crippen LogP contribution in [-0.2, 0) is 20.0 Å². The zero-order chi connectivity index (χ0) is 19.9. The van der Waals surface area contributed by atoms with E-state index in [1.165, 1.54) is 18.2 Å². The monoisotopic (exact) mass is 436 g/mol. The Kier molecular flexibility index (Phi) is 5.82. The molecule has 2 N–H and O–H groups in total. The molecule has 0 aromatic heterocycles. The van der Waals surface area contributed by atoms with Crippen molar-refractivity contribution >= 4 is 54.6 Å². The van der Waals surface area contributed by atoms with Gasteiger partial charge in [-0.1, -0.05) is 29.3 Å². The third kappa shape index (κ3) is 4.62. The van der Waals surface area contributed by atoms with Crippen LogP contribution in [0.25, 0.3) is 0 Å². The number of benzene rings is 2. The van der Waals surface area contributed by atoms with Crippen molar-refractivity contribution in [2.75, 3.05) is 15.7 Å². The van der Waals surface area contributed by atoms with Gasteiger partial charge in [-0.15, -0.1) is 0 Å². The van der Waals surface area contributed by atoms with Crippen LogP contribution in [0.2, 0.25) is 10.0 Å². The molecule has 2 rings (SSSR count). The van der Waals surface area contributed by atoms with Crippen molar-refractivity contribution in [2.24, 2.45) is 0 Å². The topological polar surface area (TPSA) is 92.3 Å². The summed E-state index contributed by atoms with van der Waals surface area (Å²) in [5.41, 5.74) is 1.81. The lowest BCUT2D eigenvalue weighted by Crippen LogP contribution is -2.19. The quantitative estimate of drug-likeness (QED) is 0.737. The Hall–Kier alpha value is -1.48. The largest absolute Gasteiger partial charge is 0.283 e. The summed E-state index contributed by atoms with van der Waals surface area (Å²) in [6.45, 7) is 4.89. The molecule has 0 heterocycles. The summed E-state index contributed by atoms with van der Waals surface area (Å²) in [4.78, 5) is -0.0136. The minimum atomic E-state index is -4.02. The van der Waals surface area contributed by atoms with Crippen molar-refractivity contribution in [2.45, 2.75) is 25.7 Å². The molecule has 2 aromatic rings.